The van der Waals surface area contributed by atoms with E-state index in [1.807, 2.05) is 20.8 Å². The van der Waals surface area contributed by atoms with Crippen molar-refractivity contribution in [3.63, 3.8) is 0 Å². The molecule has 142 valence electrons. The molecule has 5 nitrogen and oxygen atoms in total. The highest BCUT2D eigenvalue weighted by Crippen LogP contribution is 2.31. The zero-order valence-corrected chi connectivity index (χ0v) is 16.1. The molecule has 0 fully saturated rings. The molecule has 26 heavy (non-hydrogen) atoms. The summed E-state index contributed by atoms with van der Waals surface area (Å²) in [5.41, 5.74) is 0.469. The molecule has 1 aromatic heterocycles. The van der Waals surface area contributed by atoms with Crippen LogP contribution >= 0.6 is 15.9 Å². The summed E-state index contributed by atoms with van der Waals surface area (Å²) in [5.74, 6) is -0.190. The molecule has 0 aliphatic rings. The van der Waals surface area contributed by atoms with Gasteiger partial charge in [-0.05, 0) is 36.6 Å². The Balaban J connectivity index is 2.38. The summed E-state index contributed by atoms with van der Waals surface area (Å²) in [6.07, 6.45) is -4.61. The van der Waals surface area contributed by atoms with Crippen LogP contribution in [-0.4, -0.2) is 27.7 Å². The molecule has 0 spiro atoms. The van der Waals surface area contributed by atoms with Crippen LogP contribution < -0.4 is 10.6 Å². The highest BCUT2D eigenvalue weighted by atomic mass is 79.9. The van der Waals surface area contributed by atoms with Crippen LogP contribution in [0, 0.1) is 12.8 Å². The number of aliphatic hydroxyl groups excluding tert-OH is 1. The van der Waals surface area contributed by atoms with Crippen LogP contribution in [0.3, 0.4) is 0 Å². The minimum atomic E-state index is -4.61. The van der Waals surface area contributed by atoms with Crippen molar-refractivity contribution in [1.82, 2.24) is 9.97 Å². The molecule has 2 aromatic rings. The Kier molecular flexibility index (Phi) is 6.46. The van der Waals surface area contributed by atoms with Crippen molar-refractivity contribution in [2.24, 2.45) is 5.92 Å². The minimum Gasteiger partial charge on any atom is -0.394 e. The van der Waals surface area contributed by atoms with Crippen LogP contribution in [0.25, 0.3) is 0 Å². The number of halogens is 4. The van der Waals surface area contributed by atoms with E-state index < -0.39 is 17.9 Å². The monoisotopic (exact) mass is 432 g/mol. The van der Waals surface area contributed by atoms with Crippen molar-refractivity contribution >= 4 is 33.4 Å². The zero-order chi connectivity index (χ0) is 19.5. The molecule has 1 aromatic carbocycles. The first-order chi connectivity index (χ1) is 12.1. The molecule has 0 saturated heterocycles. The molecule has 0 amide bonds. The van der Waals surface area contributed by atoms with E-state index in [9.17, 15) is 18.3 Å². The highest BCUT2D eigenvalue weighted by molar-refractivity contribution is 9.10. The van der Waals surface area contributed by atoms with Gasteiger partial charge in [-0.3, -0.25) is 0 Å². The first-order valence-corrected chi connectivity index (χ1v) is 8.76. The number of anilines is 3. The average molecular weight is 433 g/mol. The summed E-state index contributed by atoms with van der Waals surface area (Å²) in [6.45, 7) is 5.31. The van der Waals surface area contributed by atoms with Crippen LogP contribution in [0.15, 0.2) is 28.7 Å². The second-order valence-corrected chi connectivity index (χ2v) is 7.08. The van der Waals surface area contributed by atoms with Gasteiger partial charge < -0.3 is 15.7 Å². The van der Waals surface area contributed by atoms with E-state index in [1.165, 1.54) is 0 Å². The number of hydrogen-bond donors (Lipinski definition) is 3. The lowest BCUT2D eigenvalue weighted by Crippen LogP contribution is -2.30. The van der Waals surface area contributed by atoms with Gasteiger partial charge in [-0.1, -0.05) is 29.8 Å². The number of benzene rings is 1. The summed E-state index contributed by atoms with van der Waals surface area (Å²) in [7, 11) is 0. The normalized spacial score (nSPS) is 13.0. The van der Waals surface area contributed by atoms with Crippen LogP contribution in [0.4, 0.5) is 30.6 Å². The number of alkyl halides is 3. The van der Waals surface area contributed by atoms with Gasteiger partial charge in [0.2, 0.25) is 5.95 Å². The summed E-state index contributed by atoms with van der Waals surface area (Å²) in [4.78, 5) is 7.65. The van der Waals surface area contributed by atoms with Gasteiger partial charge in [0.25, 0.3) is 0 Å². The van der Waals surface area contributed by atoms with E-state index in [0.717, 1.165) is 16.1 Å². The quantitative estimate of drug-likeness (QED) is 0.614. The Labute approximate surface area is 158 Å². The van der Waals surface area contributed by atoms with Crippen molar-refractivity contribution in [3.8, 4) is 0 Å². The fourth-order valence-electron chi connectivity index (χ4n) is 2.18. The molecule has 0 aliphatic heterocycles. The van der Waals surface area contributed by atoms with Gasteiger partial charge in [0.1, 0.15) is 5.82 Å². The molecule has 0 saturated carbocycles. The third-order valence-corrected chi connectivity index (χ3v) is 4.65. The standard InChI is InChI=1S/C17H20BrF3N4O/c1-9(2)13(8-26)23-16-24-14(17(19,20)21)7-15(25-16)22-11-4-5-12(18)10(3)6-11/h4-7,9,13,26H,8H2,1-3H3,(H2,22,23,24,25)/t13-/m0/s1. The molecular weight excluding hydrogens is 413 g/mol. The fourth-order valence-corrected chi connectivity index (χ4v) is 2.43. The van der Waals surface area contributed by atoms with Gasteiger partial charge in [-0.2, -0.15) is 18.2 Å². The second-order valence-electron chi connectivity index (χ2n) is 6.23. The van der Waals surface area contributed by atoms with Crippen molar-refractivity contribution in [2.45, 2.75) is 33.0 Å². The van der Waals surface area contributed by atoms with Gasteiger partial charge in [-0.15, -0.1) is 0 Å². The predicted octanol–water partition coefficient (Wildman–Crippen LogP) is 4.74. The molecule has 1 atom stereocenters. The van der Waals surface area contributed by atoms with Crippen molar-refractivity contribution in [1.29, 1.82) is 0 Å². The number of nitrogens with one attached hydrogen (secondary N) is 2. The third kappa shape index (κ3) is 5.31. The van der Waals surface area contributed by atoms with Crippen molar-refractivity contribution in [2.75, 3.05) is 17.2 Å². The maximum absolute atomic E-state index is 13.2. The number of aromatic nitrogens is 2. The third-order valence-electron chi connectivity index (χ3n) is 3.76. The predicted molar refractivity (Wildman–Crippen MR) is 98.5 cm³/mol. The van der Waals surface area contributed by atoms with E-state index >= 15 is 0 Å². The SMILES string of the molecule is Cc1cc(Nc2cc(C(F)(F)F)nc(N[C@@H](CO)C(C)C)n2)ccc1Br. The lowest BCUT2D eigenvalue weighted by molar-refractivity contribution is -0.141. The fraction of sp³-hybridized carbons (Fsp3) is 0.412. The van der Waals surface area contributed by atoms with Gasteiger partial charge in [0.05, 0.1) is 12.6 Å². The first kappa shape index (κ1) is 20.4. The van der Waals surface area contributed by atoms with E-state index in [0.29, 0.717) is 5.69 Å². The first-order valence-electron chi connectivity index (χ1n) is 7.97. The molecular formula is C17H20BrF3N4O. The van der Waals surface area contributed by atoms with Crippen molar-refractivity contribution < 1.29 is 18.3 Å². The average Bonchev–Trinajstić information content (AvgIpc) is 2.55. The molecule has 1 heterocycles. The van der Waals surface area contributed by atoms with Gasteiger partial charge in [0.15, 0.2) is 5.69 Å². The van der Waals surface area contributed by atoms with Crippen LogP contribution in [-0.2, 0) is 6.18 Å². The molecule has 0 bridgehead atoms. The van der Waals surface area contributed by atoms with E-state index in [-0.39, 0.29) is 24.3 Å². The van der Waals surface area contributed by atoms with Gasteiger partial charge >= 0.3 is 6.18 Å². The summed E-state index contributed by atoms with van der Waals surface area (Å²) in [5, 5.41) is 15.0. The Morgan fingerprint density at radius 1 is 1.19 bits per heavy atom. The Morgan fingerprint density at radius 2 is 1.88 bits per heavy atom. The Hall–Kier alpha value is -1.87. The highest BCUT2D eigenvalue weighted by Gasteiger charge is 2.34. The Morgan fingerprint density at radius 3 is 2.42 bits per heavy atom. The van der Waals surface area contributed by atoms with E-state index in [4.69, 9.17) is 0 Å². The van der Waals surface area contributed by atoms with Gasteiger partial charge in [0, 0.05) is 16.2 Å². The number of nitrogens with zero attached hydrogens (tertiary/aromatic N) is 2. The largest absolute Gasteiger partial charge is 0.433 e. The van der Waals surface area contributed by atoms with Crippen LogP contribution in [0.1, 0.15) is 25.1 Å². The lowest BCUT2D eigenvalue weighted by atomic mass is 10.1. The number of aliphatic hydroxyl groups is 1. The summed E-state index contributed by atoms with van der Waals surface area (Å²) in [6, 6.07) is 5.71. The molecule has 0 aliphatic carbocycles. The molecule has 3 N–H and O–H groups in total. The van der Waals surface area contributed by atoms with Gasteiger partial charge in [-0.25, -0.2) is 4.98 Å². The van der Waals surface area contributed by atoms with Crippen LogP contribution in [0.5, 0.6) is 0 Å². The number of rotatable bonds is 6. The number of aryl methyl sites for hydroxylation is 1. The minimum absolute atomic E-state index is 0.0105. The molecule has 9 heteroatoms. The maximum Gasteiger partial charge on any atom is 0.433 e. The summed E-state index contributed by atoms with van der Waals surface area (Å²) < 4.78 is 40.4. The van der Waals surface area contributed by atoms with Crippen LogP contribution in [0.2, 0.25) is 0 Å². The van der Waals surface area contributed by atoms with Crippen molar-refractivity contribution in [3.05, 3.63) is 40.0 Å². The topological polar surface area (TPSA) is 70.1 Å². The molecule has 0 unspecified atom stereocenters. The number of hydrogen-bond acceptors (Lipinski definition) is 5. The Bertz CT molecular complexity index is 768. The van der Waals surface area contributed by atoms with E-state index in [1.54, 1.807) is 18.2 Å². The second kappa shape index (κ2) is 8.22. The van der Waals surface area contributed by atoms with E-state index in [2.05, 4.69) is 36.5 Å². The lowest BCUT2D eigenvalue weighted by Gasteiger charge is -2.21. The summed E-state index contributed by atoms with van der Waals surface area (Å²) >= 11 is 3.38. The smallest absolute Gasteiger partial charge is 0.394 e. The maximum atomic E-state index is 13.2. The molecule has 2 rings (SSSR count). The zero-order valence-electron chi connectivity index (χ0n) is 14.5. The molecule has 0 radical (unpaired) electrons.